The third-order valence-electron chi connectivity index (χ3n) is 4.75. The third-order valence-corrected chi connectivity index (χ3v) is 5.98. The molecule has 0 saturated heterocycles. The largest absolute Gasteiger partial charge is 0.497 e. The van der Waals surface area contributed by atoms with Gasteiger partial charge in [-0.3, -0.25) is 4.79 Å². The number of carbonyl (C=O) groups excluding carboxylic acids is 1. The highest BCUT2D eigenvalue weighted by atomic mass is 32.1. The second-order valence-corrected chi connectivity index (χ2v) is 7.43. The minimum absolute atomic E-state index is 0.0949. The second-order valence-electron chi connectivity index (χ2n) is 6.29. The van der Waals surface area contributed by atoms with Crippen LogP contribution >= 0.6 is 11.3 Å². The van der Waals surface area contributed by atoms with E-state index in [4.69, 9.17) is 4.74 Å². The van der Waals surface area contributed by atoms with Gasteiger partial charge >= 0.3 is 0 Å². The summed E-state index contributed by atoms with van der Waals surface area (Å²) in [4.78, 5) is 14.5. The molecule has 1 heterocycles. The lowest BCUT2D eigenvalue weighted by Crippen LogP contribution is -2.21. The molecule has 0 saturated carbocycles. The molecule has 4 rings (SSSR count). The van der Waals surface area contributed by atoms with Gasteiger partial charge in [-0.1, -0.05) is 0 Å². The summed E-state index contributed by atoms with van der Waals surface area (Å²) in [6.45, 7) is 0. The van der Waals surface area contributed by atoms with Gasteiger partial charge in [0.05, 0.1) is 17.7 Å². The maximum atomic E-state index is 12.4. The van der Waals surface area contributed by atoms with Gasteiger partial charge in [-0.05, 0) is 73.9 Å². The molecule has 0 atom stereocenters. The standard InChI is InChI=1S/C19H20N2O2S/c1-23-14-8-9-15-12(10-14)4-2-6-16(15)20-21-19(22)18-11-13-5-3-7-17(13)24-18/h8-11H,2-7H2,1H3,(H,21,22)/b20-16-. The minimum atomic E-state index is -0.0949. The number of hydrazone groups is 1. The highest BCUT2D eigenvalue weighted by Gasteiger charge is 2.20. The first-order valence-corrected chi connectivity index (χ1v) is 9.22. The Morgan fingerprint density at radius 2 is 1.96 bits per heavy atom. The van der Waals surface area contributed by atoms with E-state index < -0.39 is 0 Å². The van der Waals surface area contributed by atoms with Gasteiger partial charge in [0, 0.05) is 10.4 Å². The summed E-state index contributed by atoms with van der Waals surface area (Å²) in [6.07, 6.45) is 6.38. The molecule has 0 bridgehead atoms. The lowest BCUT2D eigenvalue weighted by molar-refractivity contribution is 0.0958. The van der Waals surface area contributed by atoms with Gasteiger partial charge in [0.2, 0.25) is 0 Å². The van der Waals surface area contributed by atoms with Gasteiger partial charge in [0.1, 0.15) is 5.75 Å². The van der Waals surface area contributed by atoms with Crippen LogP contribution in [0.1, 0.15) is 50.5 Å². The fourth-order valence-electron chi connectivity index (χ4n) is 3.50. The number of carbonyl (C=O) groups is 1. The van der Waals surface area contributed by atoms with Gasteiger partial charge in [0.25, 0.3) is 5.91 Å². The normalized spacial score (nSPS) is 17.5. The van der Waals surface area contributed by atoms with Crippen LogP contribution in [0.15, 0.2) is 29.4 Å². The fourth-order valence-corrected chi connectivity index (χ4v) is 4.64. The number of aryl methyl sites for hydroxylation is 3. The van der Waals surface area contributed by atoms with E-state index >= 15 is 0 Å². The number of fused-ring (bicyclic) bond motifs is 2. The molecule has 0 unspecified atom stereocenters. The maximum absolute atomic E-state index is 12.4. The zero-order valence-corrected chi connectivity index (χ0v) is 14.5. The quantitative estimate of drug-likeness (QED) is 0.866. The van der Waals surface area contributed by atoms with Crippen molar-refractivity contribution >= 4 is 23.0 Å². The van der Waals surface area contributed by atoms with Crippen LogP contribution in [0.3, 0.4) is 0 Å². The first kappa shape index (κ1) is 15.4. The number of rotatable bonds is 3. The first-order chi connectivity index (χ1) is 11.7. The molecule has 2 aromatic rings. The average molecular weight is 340 g/mol. The van der Waals surface area contributed by atoms with Crippen LogP contribution in [0.4, 0.5) is 0 Å². The van der Waals surface area contributed by atoms with Gasteiger partial charge in [-0.15, -0.1) is 11.3 Å². The number of nitrogens with zero attached hydrogens (tertiary/aromatic N) is 1. The Morgan fingerprint density at radius 1 is 1.12 bits per heavy atom. The number of nitrogens with one attached hydrogen (secondary N) is 1. The van der Waals surface area contributed by atoms with E-state index in [1.807, 2.05) is 18.2 Å². The average Bonchev–Trinajstić information content (AvgIpc) is 3.21. The highest BCUT2D eigenvalue weighted by Crippen LogP contribution is 2.30. The fraction of sp³-hybridized carbons (Fsp3) is 0.368. The lowest BCUT2D eigenvalue weighted by atomic mass is 9.90. The zero-order chi connectivity index (χ0) is 16.5. The van der Waals surface area contributed by atoms with Crippen LogP contribution in [-0.2, 0) is 19.3 Å². The van der Waals surface area contributed by atoms with E-state index in [1.165, 1.54) is 22.4 Å². The van der Waals surface area contributed by atoms with Crippen molar-refractivity contribution in [2.45, 2.75) is 38.5 Å². The summed E-state index contributed by atoms with van der Waals surface area (Å²) in [5, 5.41) is 4.42. The molecule has 24 heavy (non-hydrogen) atoms. The molecule has 0 fully saturated rings. The number of hydrogen-bond donors (Lipinski definition) is 1. The smallest absolute Gasteiger partial charge is 0.281 e. The van der Waals surface area contributed by atoms with Crippen molar-refractivity contribution in [3.05, 3.63) is 50.7 Å². The van der Waals surface area contributed by atoms with Crippen LogP contribution in [0.5, 0.6) is 5.75 Å². The highest BCUT2D eigenvalue weighted by molar-refractivity contribution is 7.14. The van der Waals surface area contributed by atoms with Crippen molar-refractivity contribution in [2.75, 3.05) is 7.11 Å². The van der Waals surface area contributed by atoms with E-state index in [9.17, 15) is 4.79 Å². The summed E-state index contributed by atoms with van der Waals surface area (Å²) in [5.41, 5.74) is 7.41. The van der Waals surface area contributed by atoms with Crippen LogP contribution in [0.2, 0.25) is 0 Å². The second kappa shape index (κ2) is 6.40. The minimum Gasteiger partial charge on any atom is -0.497 e. The molecule has 1 aromatic heterocycles. The van der Waals surface area contributed by atoms with Crippen molar-refractivity contribution in [1.82, 2.24) is 5.43 Å². The monoisotopic (exact) mass is 340 g/mol. The Labute approximate surface area is 145 Å². The summed E-state index contributed by atoms with van der Waals surface area (Å²) in [6, 6.07) is 8.08. The van der Waals surface area contributed by atoms with Crippen LogP contribution in [0.25, 0.3) is 0 Å². The van der Waals surface area contributed by atoms with E-state index in [0.29, 0.717) is 0 Å². The van der Waals surface area contributed by atoms with Gasteiger partial charge < -0.3 is 4.74 Å². The van der Waals surface area contributed by atoms with Crippen LogP contribution in [-0.4, -0.2) is 18.7 Å². The Hall–Kier alpha value is -2.14. The number of benzene rings is 1. The van der Waals surface area contributed by atoms with Crippen molar-refractivity contribution in [3.8, 4) is 5.75 Å². The molecule has 0 aliphatic heterocycles. The Morgan fingerprint density at radius 3 is 2.79 bits per heavy atom. The molecule has 4 nitrogen and oxygen atoms in total. The molecule has 1 N–H and O–H groups in total. The van der Waals surface area contributed by atoms with Crippen molar-refractivity contribution in [2.24, 2.45) is 5.10 Å². The lowest BCUT2D eigenvalue weighted by Gasteiger charge is -2.18. The number of ether oxygens (including phenoxy) is 1. The molecular weight excluding hydrogens is 320 g/mol. The molecule has 124 valence electrons. The summed E-state index contributed by atoms with van der Waals surface area (Å²) in [7, 11) is 1.68. The first-order valence-electron chi connectivity index (χ1n) is 8.40. The van der Waals surface area contributed by atoms with Gasteiger partial charge in [-0.2, -0.15) is 5.10 Å². The summed E-state index contributed by atoms with van der Waals surface area (Å²) in [5.74, 6) is 0.773. The Kier molecular flexibility index (Phi) is 4.10. The van der Waals surface area contributed by atoms with E-state index in [-0.39, 0.29) is 5.91 Å². The molecule has 1 aromatic carbocycles. The van der Waals surface area contributed by atoms with Gasteiger partial charge in [0.15, 0.2) is 0 Å². The number of thiophene rings is 1. The maximum Gasteiger partial charge on any atom is 0.281 e. The number of amides is 1. The van der Waals surface area contributed by atoms with E-state index in [1.54, 1.807) is 18.4 Å². The molecule has 0 spiro atoms. The molecule has 1 amide bonds. The van der Waals surface area contributed by atoms with E-state index in [2.05, 4.69) is 16.6 Å². The predicted molar refractivity (Wildman–Crippen MR) is 96.3 cm³/mol. The predicted octanol–water partition coefficient (Wildman–Crippen LogP) is 3.72. The van der Waals surface area contributed by atoms with Crippen molar-refractivity contribution in [1.29, 1.82) is 0 Å². The molecule has 0 radical (unpaired) electrons. The zero-order valence-electron chi connectivity index (χ0n) is 13.7. The van der Waals surface area contributed by atoms with Crippen LogP contribution in [0, 0.1) is 0 Å². The summed E-state index contributed by atoms with van der Waals surface area (Å²) >= 11 is 1.61. The topological polar surface area (TPSA) is 50.7 Å². The number of methoxy groups -OCH3 is 1. The van der Waals surface area contributed by atoms with E-state index in [0.717, 1.165) is 54.0 Å². The summed E-state index contributed by atoms with van der Waals surface area (Å²) < 4.78 is 5.29. The van der Waals surface area contributed by atoms with Gasteiger partial charge in [-0.25, -0.2) is 5.43 Å². The number of hydrogen-bond acceptors (Lipinski definition) is 4. The van der Waals surface area contributed by atoms with Crippen molar-refractivity contribution in [3.63, 3.8) is 0 Å². The molecule has 2 aliphatic rings. The molecule has 5 heteroatoms. The Balaban J connectivity index is 1.53. The third kappa shape index (κ3) is 2.84. The SMILES string of the molecule is COc1ccc2c(c1)CCC/C2=N/NC(=O)c1cc2c(s1)CCC2. The van der Waals surface area contributed by atoms with Crippen LogP contribution < -0.4 is 10.2 Å². The molecule has 2 aliphatic carbocycles. The molecular formula is C19H20N2O2S. The Bertz CT molecular complexity index is 801. The van der Waals surface area contributed by atoms with Crippen molar-refractivity contribution < 1.29 is 9.53 Å².